The molecule has 0 saturated carbocycles. The van der Waals surface area contributed by atoms with Crippen LogP contribution in [0.15, 0.2) is 48.6 Å². The molecule has 5 atom stereocenters. The van der Waals surface area contributed by atoms with E-state index in [1.54, 1.807) is 0 Å². The van der Waals surface area contributed by atoms with Gasteiger partial charge in [0, 0.05) is 38.9 Å². The van der Waals surface area contributed by atoms with E-state index in [4.69, 9.17) is 37.0 Å². The van der Waals surface area contributed by atoms with Crippen molar-refractivity contribution in [3.05, 3.63) is 48.6 Å². The number of esters is 2. The van der Waals surface area contributed by atoms with Crippen molar-refractivity contribution >= 4 is 40.2 Å². The van der Waals surface area contributed by atoms with E-state index < -0.39 is 66.4 Å². The van der Waals surface area contributed by atoms with Gasteiger partial charge < -0.3 is 43.4 Å². The van der Waals surface area contributed by atoms with Gasteiger partial charge in [-0.1, -0.05) is 262 Å². The third kappa shape index (κ3) is 74.5. The lowest BCUT2D eigenvalue weighted by molar-refractivity contribution is -0.150. The number of allylic oxidation sites excluding steroid dienone is 8. The number of phosphoric ester groups is 2. The Balaban J connectivity index is 5.18. The summed E-state index contributed by atoms with van der Waals surface area (Å²) in [5.41, 5.74) is 0. The highest BCUT2D eigenvalue weighted by atomic mass is 31.2. The van der Waals surface area contributed by atoms with Gasteiger partial charge in [0.2, 0.25) is 0 Å². The second kappa shape index (κ2) is 75.5. The standard InChI is InChI=1S/C79H146O17P2/c1-3-5-7-9-11-13-15-17-22-28-34-40-46-52-58-64-79(84)92-72-77(90-68-62-56-50-44-38-32-26-21-19-24-30-36-42-48-54-60-66-81)74-96-98(87,88)94-70-75(82)69-93-97(85,86)95-73-76(71-91-78(83)63-57-51-45-39-33-27-16-14-12-10-8-6-4-2)89-67-61-55-49-43-37-31-25-20-18-23-29-35-41-47-53-59-65-80/h11,13,17-19,22-24,65-66,75-77,82H,3-10,12,14-16,20-21,25-64,67-74H2,1-2H3,(H,85,86)(H,87,88)/b13-11-,22-17-,23-18-,24-19-/t75-,76+,77+/m0/s1. The largest absolute Gasteiger partial charge is 0.472 e. The van der Waals surface area contributed by atoms with Crippen LogP contribution in [-0.4, -0.2) is 111 Å². The predicted molar refractivity (Wildman–Crippen MR) is 400 cm³/mol. The topological polar surface area (TPSA) is 237 Å². The summed E-state index contributed by atoms with van der Waals surface area (Å²) in [7, 11) is -9.64. The van der Waals surface area contributed by atoms with Crippen LogP contribution in [0.5, 0.6) is 0 Å². The van der Waals surface area contributed by atoms with Crippen molar-refractivity contribution in [1.29, 1.82) is 0 Å². The fourth-order valence-corrected chi connectivity index (χ4v) is 12.7. The first-order valence-corrected chi connectivity index (χ1v) is 42.8. The normalized spacial score (nSPS) is 14.2. The second-order valence-corrected chi connectivity index (χ2v) is 29.8. The van der Waals surface area contributed by atoms with Gasteiger partial charge in [-0.15, -0.1) is 0 Å². The Morgan fingerprint density at radius 2 is 0.561 bits per heavy atom. The minimum absolute atomic E-state index is 0.187. The summed E-state index contributed by atoms with van der Waals surface area (Å²) < 4.78 is 70.0. The molecular weight excluding hydrogens is 1280 g/mol. The Labute approximate surface area is 597 Å². The van der Waals surface area contributed by atoms with Crippen molar-refractivity contribution < 1.29 is 80.2 Å². The fraction of sp³-hybridized carbons (Fsp3) is 0.848. The average Bonchev–Trinajstić information content (AvgIpc) is 1.05. The van der Waals surface area contributed by atoms with Gasteiger partial charge in [0.15, 0.2) is 0 Å². The number of aliphatic hydroxyl groups excluding tert-OH is 1. The second-order valence-electron chi connectivity index (χ2n) is 26.9. The lowest BCUT2D eigenvalue weighted by atomic mass is 10.0. The number of rotatable bonds is 80. The summed E-state index contributed by atoms with van der Waals surface area (Å²) in [6.45, 7) is 2.24. The summed E-state index contributed by atoms with van der Waals surface area (Å²) in [5.74, 6) is -0.772. The Bertz CT molecular complexity index is 1980. The van der Waals surface area contributed by atoms with Crippen molar-refractivity contribution in [1.82, 2.24) is 0 Å². The third-order valence-electron chi connectivity index (χ3n) is 17.3. The van der Waals surface area contributed by atoms with Crippen LogP contribution in [0.25, 0.3) is 0 Å². The molecule has 574 valence electrons. The van der Waals surface area contributed by atoms with Gasteiger partial charge in [0.1, 0.15) is 44.1 Å². The number of unbranched alkanes of at least 4 members (excludes halogenated alkanes) is 44. The van der Waals surface area contributed by atoms with Crippen LogP contribution in [-0.2, 0) is 65.4 Å². The maximum absolute atomic E-state index is 13.1. The molecular formula is C79H146O17P2. The van der Waals surface area contributed by atoms with E-state index in [0.29, 0.717) is 38.9 Å². The van der Waals surface area contributed by atoms with Gasteiger partial charge in [-0.2, -0.15) is 0 Å². The molecule has 0 aliphatic heterocycles. The SMILES string of the molecule is CCCCC/C=C\C/C=C\CCCCCCCC(=O)OC[C@H](COP(=O)(O)OC[C@@H](O)COP(=O)(O)OC[C@@H](COC(=O)CCCCCCCCCCCCCCC)OCCCCCCCCC/C=C\CCCCCCC=O)OCCCCCCCCC/C=C\CCCCCCC=O. The predicted octanol–water partition coefficient (Wildman–Crippen LogP) is 22.2. The molecule has 0 aliphatic carbocycles. The summed E-state index contributed by atoms with van der Waals surface area (Å²) in [6, 6.07) is 0. The Hall–Kier alpha value is -2.66. The van der Waals surface area contributed by atoms with E-state index in [2.05, 4.69) is 62.5 Å². The first kappa shape index (κ1) is 95.3. The average molecular weight is 1430 g/mol. The molecule has 0 radical (unpaired) electrons. The maximum Gasteiger partial charge on any atom is 0.472 e. The van der Waals surface area contributed by atoms with Crippen molar-refractivity contribution in [3.8, 4) is 0 Å². The molecule has 0 saturated heterocycles. The lowest BCUT2D eigenvalue weighted by Crippen LogP contribution is -2.28. The quantitative estimate of drug-likeness (QED) is 0.0169. The zero-order chi connectivity index (χ0) is 71.5. The van der Waals surface area contributed by atoms with Crippen LogP contribution < -0.4 is 0 Å². The van der Waals surface area contributed by atoms with Gasteiger partial charge >= 0.3 is 27.6 Å². The van der Waals surface area contributed by atoms with E-state index in [1.807, 2.05) is 0 Å². The van der Waals surface area contributed by atoms with Gasteiger partial charge in [-0.25, -0.2) is 9.13 Å². The molecule has 0 aromatic heterocycles. The Kier molecular flexibility index (Phi) is 73.4. The number of ether oxygens (including phenoxy) is 4. The van der Waals surface area contributed by atoms with Crippen LogP contribution in [0.1, 0.15) is 361 Å². The molecule has 0 amide bonds. The lowest BCUT2D eigenvalue weighted by Gasteiger charge is -2.21. The highest BCUT2D eigenvalue weighted by Crippen LogP contribution is 2.45. The molecule has 17 nitrogen and oxygen atoms in total. The number of aliphatic hydroxyl groups is 1. The number of carbonyl (C=O) groups excluding carboxylic acids is 4. The smallest absolute Gasteiger partial charge is 0.463 e. The van der Waals surface area contributed by atoms with Gasteiger partial charge in [-0.3, -0.25) is 27.7 Å². The number of hydrogen-bond donors (Lipinski definition) is 3. The zero-order valence-corrected chi connectivity index (χ0v) is 64.1. The number of aldehydes is 2. The summed E-state index contributed by atoms with van der Waals surface area (Å²) in [5, 5.41) is 10.6. The minimum atomic E-state index is -4.82. The summed E-state index contributed by atoms with van der Waals surface area (Å²) in [6.07, 6.45) is 73.6. The van der Waals surface area contributed by atoms with Gasteiger partial charge in [0.05, 0.1) is 26.4 Å². The van der Waals surface area contributed by atoms with Crippen molar-refractivity contribution in [2.75, 3.05) is 52.9 Å². The third-order valence-corrected chi connectivity index (χ3v) is 19.2. The maximum atomic E-state index is 13.1. The van der Waals surface area contributed by atoms with Crippen molar-refractivity contribution in [3.63, 3.8) is 0 Å². The van der Waals surface area contributed by atoms with E-state index in [0.717, 1.165) is 205 Å². The Morgan fingerprint density at radius 3 is 0.878 bits per heavy atom. The molecule has 0 aliphatic rings. The highest BCUT2D eigenvalue weighted by Gasteiger charge is 2.29. The molecule has 0 aromatic carbocycles. The molecule has 3 N–H and O–H groups in total. The summed E-state index contributed by atoms with van der Waals surface area (Å²) in [4.78, 5) is 67.8. The van der Waals surface area contributed by atoms with Gasteiger partial charge in [-0.05, 0) is 122 Å². The van der Waals surface area contributed by atoms with E-state index >= 15 is 0 Å². The van der Waals surface area contributed by atoms with Gasteiger partial charge in [0.25, 0.3) is 0 Å². The molecule has 2 unspecified atom stereocenters. The van der Waals surface area contributed by atoms with Crippen LogP contribution in [0.3, 0.4) is 0 Å². The molecule has 0 bridgehead atoms. The number of phosphoric acid groups is 2. The molecule has 0 fully saturated rings. The molecule has 0 aromatic rings. The first-order valence-electron chi connectivity index (χ1n) is 39.8. The monoisotopic (exact) mass is 1430 g/mol. The molecule has 0 rings (SSSR count). The van der Waals surface area contributed by atoms with E-state index in [1.165, 1.54) is 116 Å². The van der Waals surface area contributed by atoms with Crippen LogP contribution in [0, 0.1) is 0 Å². The van der Waals surface area contributed by atoms with Crippen LogP contribution >= 0.6 is 15.6 Å². The summed E-state index contributed by atoms with van der Waals surface area (Å²) >= 11 is 0. The van der Waals surface area contributed by atoms with Crippen molar-refractivity contribution in [2.24, 2.45) is 0 Å². The molecule has 0 heterocycles. The first-order chi connectivity index (χ1) is 47.9. The number of carbonyl (C=O) groups is 4. The molecule has 98 heavy (non-hydrogen) atoms. The van der Waals surface area contributed by atoms with Crippen LogP contribution in [0.2, 0.25) is 0 Å². The Morgan fingerprint density at radius 1 is 0.316 bits per heavy atom. The molecule has 19 heteroatoms. The zero-order valence-electron chi connectivity index (χ0n) is 62.3. The van der Waals surface area contributed by atoms with Crippen molar-refractivity contribution in [2.45, 2.75) is 379 Å². The van der Waals surface area contributed by atoms with E-state index in [-0.39, 0.29) is 32.0 Å². The number of hydrogen-bond acceptors (Lipinski definition) is 15. The fourth-order valence-electron chi connectivity index (χ4n) is 11.2. The highest BCUT2D eigenvalue weighted by molar-refractivity contribution is 7.47. The minimum Gasteiger partial charge on any atom is -0.463 e. The molecule has 0 spiro atoms. The van der Waals surface area contributed by atoms with Crippen LogP contribution in [0.4, 0.5) is 0 Å². The van der Waals surface area contributed by atoms with E-state index in [9.17, 15) is 43.2 Å².